The van der Waals surface area contributed by atoms with Gasteiger partial charge in [0.1, 0.15) is 11.5 Å². The second-order valence-corrected chi connectivity index (χ2v) is 5.67. The number of aromatic nitrogens is 2. The van der Waals surface area contributed by atoms with Crippen molar-refractivity contribution in [1.29, 1.82) is 0 Å². The summed E-state index contributed by atoms with van der Waals surface area (Å²) in [6, 6.07) is 0. The molecule has 1 aromatic rings. The van der Waals surface area contributed by atoms with Crippen LogP contribution in [0, 0.1) is 5.92 Å². The summed E-state index contributed by atoms with van der Waals surface area (Å²) in [5.74, 6) is 0.718. The summed E-state index contributed by atoms with van der Waals surface area (Å²) in [4.78, 5) is 20.3. The van der Waals surface area contributed by atoms with Crippen molar-refractivity contribution in [2.24, 2.45) is 5.92 Å². The first-order valence-electron chi connectivity index (χ1n) is 6.87. The first-order chi connectivity index (χ1) is 9.45. The van der Waals surface area contributed by atoms with E-state index in [1.807, 2.05) is 20.8 Å². The molecule has 0 bridgehead atoms. The minimum absolute atomic E-state index is 0.143. The lowest BCUT2D eigenvalue weighted by Gasteiger charge is -2.10. The molecule has 0 spiro atoms. The fourth-order valence-electron chi connectivity index (χ4n) is 1.65. The second kappa shape index (κ2) is 8.17. The third-order valence-corrected chi connectivity index (χ3v) is 3.24. The Morgan fingerprint density at radius 2 is 2.15 bits per heavy atom. The lowest BCUT2D eigenvalue weighted by molar-refractivity contribution is 0.0946. The predicted octanol–water partition coefficient (Wildman–Crippen LogP) is 2.39. The summed E-state index contributed by atoms with van der Waals surface area (Å²) in [6.45, 7) is 6.60. The highest BCUT2D eigenvalue weighted by atomic mass is 35.5. The molecule has 20 heavy (non-hydrogen) atoms. The second-order valence-electron chi connectivity index (χ2n) is 5.27. The number of carbonyl (C=O) groups is 1. The van der Waals surface area contributed by atoms with Gasteiger partial charge in [-0.25, -0.2) is 9.97 Å². The molecule has 2 N–H and O–H groups in total. The number of aliphatic hydroxyl groups excluding tert-OH is 1. The molecule has 5 nitrogen and oxygen atoms in total. The molecule has 1 unspecified atom stereocenters. The molecule has 1 rings (SSSR count). The van der Waals surface area contributed by atoms with Crippen molar-refractivity contribution in [3.63, 3.8) is 0 Å². The molecule has 112 valence electrons. The number of hydrogen-bond donors (Lipinski definition) is 2. The van der Waals surface area contributed by atoms with E-state index in [0.717, 1.165) is 12.8 Å². The highest BCUT2D eigenvalue weighted by molar-refractivity contribution is 6.33. The lowest BCUT2D eigenvalue weighted by atomic mass is 10.1. The van der Waals surface area contributed by atoms with Crippen molar-refractivity contribution >= 4 is 17.5 Å². The molecule has 0 saturated heterocycles. The van der Waals surface area contributed by atoms with Gasteiger partial charge < -0.3 is 10.4 Å². The van der Waals surface area contributed by atoms with Crippen LogP contribution in [0.4, 0.5) is 0 Å². The van der Waals surface area contributed by atoms with Crippen molar-refractivity contribution in [3.8, 4) is 0 Å². The van der Waals surface area contributed by atoms with Crippen LogP contribution in [0.15, 0.2) is 6.20 Å². The van der Waals surface area contributed by atoms with Gasteiger partial charge in [0, 0.05) is 19.1 Å². The third-order valence-electron chi connectivity index (χ3n) is 2.97. The first kappa shape index (κ1) is 16.9. The van der Waals surface area contributed by atoms with E-state index in [4.69, 9.17) is 16.7 Å². The maximum absolute atomic E-state index is 12.0. The average Bonchev–Trinajstić information content (AvgIpc) is 2.43. The van der Waals surface area contributed by atoms with Crippen molar-refractivity contribution in [3.05, 3.63) is 22.7 Å². The maximum atomic E-state index is 12.0. The van der Waals surface area contributed by atoms with Crippen molar-refractivity contribution in [2.75, 3.05) is 13.2 Å². The molecular formula is C14H22ClN3O2. The number of amides is 1. The summed E-state index contributed by atoms with van der Waals surface area (Å²) < 4.78 is 0. The van der Waals surface area contributed by atoms with Crippen molar-refractivity contribution in [1.82, 2.24) is 15.3 Å². The van der Waals surface area contributed by atoms with Crippen LogP contribution in [0.3, 0.4) is 0 Å². The zero-order valence-corrected chi connectivity index (χ0v) is 12.9. The molecule has 0 aliphatic heterocycles. The number of aliphatic hydroxyl groups is 1. The number of nitrogens with one attached hydrogen (secondary N) is 1. The molecule has 1 heterocycles. The molecule has 0 aliphatic rings. The Labute approximate surface area is 124 Å². The fraction of sp³-hybridized carbons (Fsp3) is 0.643. The lowest BCUT2D eigenvalue weighted by Crippen LogP contribution is -2.26. The van der Waals surface area contributed by atoms with E-state index in [2.05, 4.69) is 15.3 Å². The Bertz CT molecular complexity index is 452. The SMILES string of the molecule is CC(CO)CCCNC(=O)c1nc(C(C)C)ncc1Cl. The van der Waals surface area contributed by atoms with E-state index in [-0.39, 0.29) is 35.1 Å². The van der Waals surface area contributed by atoms with Crippen LogP contribution in [0.25, 0.3) is 0 Å². The molecule has 0 aromatic carbocycles. The zero-order chi connectivity index (χ0) is 15.1. The van der Waals surface area contributed by atoms with E-state index < -0.39 is 0 Å². The van der Waals surface area contributed by atoms with Crippen LogP contribution in [-0.4, -0.2) is 34.1 Å². The zero-order valence-electron chi connectivity index (χ0n) is 12.2. The summed E-state index contributed by atoms with van der Waals surface area (Å²) in [5.41, 5.74) is 0.223. The molecule has 0 aliphatic carbocycles. The molecule has 1 aromatic heterocycles. The third kappa shape index (κ3) is 5.06. The van der Waals surface area contributed by atoms with Crippen LogP contribution >= 0.6 is 11.6 Å². The van der Waals surface area contributed by atoms with Gasteiger partial charge in [0.25, 0.3) is 5.91 Å². The van der Waals surface area contributed by atoms with E-state index in [9.17, 15) is 4.79 Å². The van der Waals surface area contributed by atoms with Gasteiger partial charge in [0.15, 0.2) is 0 Å². The number of nitrogens with zero attached hydrogens (tertiary/aromatic N) is 2. The normalized spacial score (nSPS) is 12.5. The number of rotatable bonds is 7. The Morgan fingerprint density at radius 1 is 1.45 bits per heavy atom. The number of carbonyl (C=O) groups excluding carboxylic acids is 1. The molecule has 0 radical (unpaired) electrons. The van der Waals surface area contributed by atoms with E-state index in [0.29, 0.717) is 12.4 Å². The number of halogens is 1. The summed E-state index contributed by atoms with van der Waals surface area (Å²) in [7, 11) is 0. The maximum Gasteiger partial charge on any atom is 0.271 e. The molecule has 1 amide bonds. The Morgan fingerprint density at radius 3 is 2.75 bits per heavy atom. The molecule has 6 heteroatoms. The highest BCUT2D eigenvalue weighted by Crippen LogP contribution is 2.16. The van der Waals surface area contributed by atoms with Gasteiger partial charge in [-0.3, -0.25) is 4.79 Å². The quantitative estimate of drug-likeness (QED) is 0.758. The summed E-state index contributed by atoms with van der Waals surface area (Å²) in [5, 5.41) is 12.0. The van der Waals surface area contributed by atoms with Gasteiger partial charge in [0.05, 0.1) is 11.2 Å². The minimum Gasteiger partial charge on any atom is -0.396 e. The first-order valence-corrected chi connectivity index (χ1v) is 7.25. The monoisotopic (exact) mass is 299 g/mol. The average molecular weight is 300 g/mol. The van der Waals surface area contributed by atoms with Crippen LogP contribution < -0.4 is 5.32 Å². The van der Waals surface area contributed by atoms with Crippen LogP contribution in [0.2, 0.25) is 5.02 Å². The van der Waals surface area contributed by atoms with Crippen LogP contribution in [0.1, 0.15) is 55.8 Å². The Kier molecular flexibility index (Phi) is 6.88. The Balaban J connectivity index is 2.57. The number of hydrogen-bond acceptors (Lipinski definition) is 4. The topological polar surface area (TPSA) is 75.1 Å². The van der Waals surface area contributed by atoms with Crippen molar-refractivity contribution in [2.45, 2.75) is 39.5 Å². The van der Waals surface area contributed by atoms with Crippen LogP contribution in [-0.2, 0) is 0 Å². The molecule has 0 saturated carbocycles. The summed E-state index contributed by atoms with van der Waals surface area (Å²) in [6.07, 6.45) is 3.14. The Hall–Kier alpha value is -1.20. The minimum atomic E-state index is -0.282. The summed E-state index contributed by atoms with van der Waals surface area (Å²) >= 11 is 5.96. The van der Waals surface area contributed by atoms with Gasteiger partial charge in [-0.2, -0.15) is 0 Å². The van der Waals surface area contributed by atoms with E-state index in [1.54, 1.807) is 0 Å². The van der Waals surface area contributed by atoms with Gasteiger partial charge in [0.2, 0.25) is 0 Å². The molecule has 0 fully saturated rings. The molecule has 1 atom stereocenters. The van der Waals surface area contributed by atoms with Crippen LogP contribution in [0.5, 0.6) is 0 Å². The van der Waals surface area contributed by atoms with Gasteiger partial charge in [-0.05, 0) is 18.8 Å². The largest absolute Gasteiger partial charge is 0.396 e. The van der Waals surface area contributed by atoms with Gasteiger partial charge in [-0.15, -0.1) is 0 Å². The van der Waals surface area contributed by atoms with Crippen molar-refractivity contribution < 1.29 is 9.90 Å². The fourth-order valence-corrected chi connectivity index (χ4v) is 1.82. The van der Waals surface area contributed by atoms with E-state index in [1.165, 1.54) is 6.20 Å². The molecular weight excluding hydrogens is 278 g/mol. The standard InChI is InChI=1S/C14H22ClN3O2/c1-9(2)13-17-7-11(15)12(18-13)14(20)16-6-4-5-10(3)8-19/h7,9-10,19H,4-6,8H2,1-3H3,(H,16,20). The van der Waals surface area contributed by atoms with Gasteiger partial charge >= 0.3 is 0 Å². The smallest absolute Gasteiger partial charge is 0.271 e. The van der Waals surface area contributed by atoms with E-state index >= 15 is 0 Å². The highest BCUT2D eigenvalue weighted by Gasteiger charge is 2.15. The predicted molar refractivity (Wildman–Crippen MR) is 78.9 cm³/mol. The van der Waals surface area contributed by atoms with Gasteiger partial charge in [-0.1, -0.05) is 32.4 Å².